The normalized spacial score (nSPS) is 14.4. The molecule has 1 saturated carbocycles. The molecule has 9 heteroatoms. The summed E-state index contributed by atoms with van der Waals surface area (Å²) in [5.74, 6) is 1.74. The number of nitrogens with zero attached hydrogens (tertiary/aromatic N) is 2. The first-order valence-corrected chi connectivity index (χ1v) is 12.4. The van der Waals surface area contributed by atoms with E-state index in [4.69, 9.17) is 19.0 Å². The number of carbonyl (C=O) groups is 1. The second-order valence-electron chi connectivity index (χ2n) is 9.10. The molecule has 0 saturated heterocycles. The van der Waals surface area contributed by atoms with Gasteiger partial charge in [-0.15, -0.1) is 12.2 Å². The van der Waals surface area contributed by atoms with Crippen LogP contribution in [-0.2, 0) is 16.1 Å². The van der Waals surface area contributed by atoms with Gasteiger partial charge in [-0.25, -0.2) is 4.98 Å². The van der Waals surface area contributed by atoms with Crippen LogP contribution in [0.4, 0.5) is 11.4 Å². The minimum atomic E-state index is -0.843. The molecule has 1 aromatic carbocycles. The van der Waals surface area contributed by atoms with E-state index >= 15 is 0 Å². The smallest absolute Gasteiger partial charge is 0.684 e. The van der Waals surface area contributed by atoms with Crippen molar-refractivity contribution in [1.29, 1.82) is 0 Å². The van der Waals surface area contributed by atoms with E-state index in [1.165, 1.54) is 19.3 Å². The molecule has 2 aromatic heterocycles. The molecule has 8 nitrogen and oxygen atoms in total. The van der Waals surface area contributed by atoms with Crippen molar-refractivity contribution in [2.24, 2.45) is 5.92 Å². The number of rotatable bonds is 12. The summed E-state index contributed by atoms with van der Waals surface area (Å²) in [6, 6.07) is 13.8. The van der Waals surface area contributed by atoms with Gasteiger partial charge < -0.3 is 29.6 Å². The molecular formula is C28H34KN3O5. The van der Waals surface area contributed by atoms with Gasteiger partial charge in [0.15, 0.2) is 0 Å². The average molecular weight is 532 g/mol. The molecule has 0 aliphatic heterocycles. The molecule has 3 aromatic rings. The van der Waals surface area contributed by atoms with Gasteiger partial charge in [-0.3, -0.25) is 4.79 Å². The number of carboxylic acid groups (broad SMARTS) is 1. The second kappa shape index (κ2) is 14.9. The van der Waals surface area contributed by atoms with Crippen LogP contribution >= 0.6 is 0 Å². The fourth-order valence-corrected chi connectivity index (χ4v) is 4.78. The van der Waals surface area contributed by atoms with Gasteiger partial charge in [-0.2, -0.15) is 0 Å². The zero-order chi connectivity index (χ0) is 25.3. The molecule has 0 radical (unpaired) electrons. The number of furan rings is 1. The summed E-state index contributed by atoms with van der Waals surface area (Å²) in [6.07, 6.45) is 7.80. The number of aliphatic carboxylic acids is 1. The molecule has 1 fully saturated rings. The third-order valence-corrected chi connectivity index (χ3v) is 6.61. The number of carboxylic acids is 1. The summed E-state index contributed by atoms with van der Waals surface area (Å²) < 4.78 is 17.0. The molecule has 1 atom stereocenters. The number of methoxy groups -OCH3 is 2. The predicted molar refractivity (Wildman–Crippen MR) is 139 cm³/mol. The molecular weight excluding hydrogens is 497 g/mol. The Balaban J connectivity index is 0.00000380. The first-order chi connectivity index (χ1) is 17.6. The topological polar surface area (TPSA) is 108 Å². The van der Waals surface area contributed by atoms with Crippen molar-refractivity contribution < 1.29 is 75.2 Å². The molecule has 192 valence electrons. The largest absolute Gasteiger partial charge is 1.00 e. The maximum atomic E-state index is 10.7. The van der Waals surface area contributed by atoms with Crippen LogP contribution in [0, 0.1) is 5.92 Å². The van der Waals surface area contributed by atoms with Crippen molar-refractivity contribution in [3.63, 3.8) is 0 Å². The quantitative estimate of drug-likeness (QED) is 0.343. The van der Waals surface area contributed by atoms with E-state index < -0.39 is 5.97 Å². The minimum Gasteiger partial charge on any atom is -0.684 e. The number of nitrogens with one attached hydrogen (secondary N) is 1. The van der Waals surface area contributed by atoms with Gasteiger partial charge in [0.1, 0.15) is 18.1 Å². The van der Waals surface area contributed by atoms with Crippen LogP contribution in [0.25, 0.3) is 16.6 Å². The molecule has 2 N–H and O–H groups in total. The zero-order valence-corrected chi connectivity index (χ0v) is 25.0. The van der Waals surface area contributed by atoms with Crippen molar-refractivity contribution in [2.45, 2.75) is 51.2 Å². The van der Waals surface area contributed by atoms with Crippen LogP contribution in [0.5, 0.6) is 5.88 Å². The number of benzene rings is 1. The van der Waals surface area contributed by atoms with Crippen LogP contribution in [0.3, 0.4) is 0 Å². The summed E-state index contributed by atoms with van der Waals surface area (Å²) >= 11 is 0. The molecule has 2 heterocycles. The van der Waals surface area contributed by atoms with E-state index in [1.54, 1.807) is 20.4 Å². The van der Waals surface area contributed by atoms with Gasteiger partial charge in [0.2, 0.25) is 5.88 Å². The Bertz CT molecular complexity index is 1110. The summed E-state index contributed by atoms with van der Waals surface area (Å²) in [4.78, 5) is 15.1. The Hall–Kier alpha value is -1.88. The van der Waals surface area contributed by atoms with Crippen LogP contribution in [0.2, 0.25) is 0 Å². The maximum Gasteiger partial charge on any atom is 1.00 e. The van der Waals surface area contributed by atoms with Crippen molar-refractivity contribution in [1.82, 2.24) is 4.98 Å². The van der Waals surface area contributed by atoms with Gasteiger partial charge in [0.05, 0.1) is 13.2 Å². The van der Waals surface area contributed by atoms with Crippen molar-refractivity contribution in [2.75, 3.05) is 26.1 Å². The van der Waals surface area contributed by atoms with E-state index in [-0.39, 0.29) is 70.4 Å². The van der Waals surface area contributed by atoms with Crippen LogP contribution in [0.1, 0.15) is 55.9 Å². The Labute approximate surface area is 261 Å². The average Bonchev–Trinajstić information content (AvgIpc) is 3.32. The molecule has 0 amide bonds. The number of hydrogen-bond acceptors (Lipinski definition) is 6. The van der Waals surface area contributed by atoms with E-state index in [9.17, 15) is 4.79 Å². The van der Waals surface area contributed by atoms with Crippen LogP contribution < -0.4 is 61.4 Å². The van der Waals surface area contributed by atoms with E-state index in [0.717, 1.165) is 46.9 Å². The summed E-state index contributed by atoms with van der Waals surface area (Å²) in [7, 11) is 3.28. The van der Waals surface area contributed by atoms with E-state index in [1.807, 2.05) is 36.4 Å². The molecule has 1 aliphatic rings. The maximum absolute atomic E-state index is 10.7. The molecule has 0 bridgehead atoms. The van der Waals surface area contributed by atoms with Crippen molar-refractivity contribution >= 4 is 17.3 Å². The van der Waals surface area contributed by atoms with Crippen LogP contribution in [0.15, 0.2) is 53.1 Å². The standard InChI is InChI=1S/C28H34N3O5.K/c1-34-18-25-23(16-24(36-25)20-8-13-26(35-2)30-17-20)28(19-6-4-3-5-7-19)31-22-11-9-21(10-12-22)29-15-14-27(32)33;/h8-13,16-17,19,28,31H,3-7,14-15,18H2,1-2H3,(H,32,33);/q-1;+1. The van der Waals surface area contributed by atoms with Gasteiger partial charge in [-0.1, -0.05) is 31.4 Å². The number of hydrogen-bond donors (Lipinski definition) is 2. The summed E-state index contributed by atoms with van der Waals surface area (Å²) in [5.41, 5.74) is 3.74. The second-order valence-corrected chi connectivity index (χ2v) is 9.10. The van der Waals surface area contributed by atoms with Gasteiger partial charge in [0.25, 0.3) is 0 Å². The minimum absolute atomic E-state index is 0. The third kappa shape index (κ3) is 8.30. The summed E-state index contributed by atoms with van der Waals surface area (Å²) in [6.45, 7) is 0.649. The fourth-order valence-electron chi connectivity index (χ4n) is 4.78. The van der Waals surface area contributed by atoms with Gasteiger partial charge in [0, 0.05) is 42.6 Å². The number of ether oxygens (including phenoxy) is 2. The Morgan fingerprint density at radius 1 is 1.16 bits per heavy atom. The van der Waals surface area contributed by atoms with Gasteiger partial charge in [-0.05, 0) is 43.0 Å². The number of pyridine rings is 1. The Morgan fingerprint density at radius 3 is 2.54 bits per heavy atom. The Kier molecular flexibility index (Phi) is 11.9. The molecule has 0 spiro atoms. The van der Waals surface area contributed by atoms with Crippen LogP contribution in [-0.4, -0.2) is 36.8 Å². The van der Waals surface area contributed by atoms with Crippen molar-refractivity contribution in [3.05, 3.63) is 65.3 Å². The number of anilines is 1. The first-order valence-electron chi connectivity index (χ1n) is 12.4. The van der Waals surface area contributed by atoms with E-state index in [0.29, 0.717) is 18.4 Å². The fraction of sp³-hybridized carbons (Fsp3) is 0.429. The SMILES string of the molecule is COCc1oc(-c2ccc(OC)nc2)cc1C(Nc1ccc([N-]CCC(=O)O)cc1)C1CCCCC1.[K+]. The number of aromatic nitrogens is 1. The Morgan fingerprint density at radius 2 is 1.92 bits per heavy atom. The molecule has 37 heavy (non-hydrogen) atoms. The zero-order valence-electron chi connectivity index (χ0n) is 21.9. The van der Waals surface area contributed by atoms with Crippen molar-refractivity contribution in [3.8, 4) is 17.2 Å². The first kappa shape index (κ1) is 29.7. The monoisotopic (exact) mass is 531 g/mol. The third-order valence-electron chi connectivity index (χ3n) is 6.61. The van der Waals surface area contributed by atoms with E-state index in [2.05, 4.69) is 21.7 Å². The summed E-state index contributed by atoms with van der Waals surface area (Å²) in [5, 5.41) is 16.9. The predicted octanol–water partition coefficient (Wildman–Crippen LogP) is 3.71. The molecule has 4 rings (SSSR count). The molecule has 1 aliphatic carbocycles. The van der Waals surface area contributed by atoms with Gasteiger partial charge >= 0.3 is 57.4 Å². The molecule has 1 unspecified atom stereocenters.